The van der Waals surface area contributed by atoms with Crippen molar-refractivity contribution in [2.75, 3.05) is 42.9 Å². The number of benzene rings is 3. The number of rotatable bonds is 6. The number of hydrogen-bond donors (Lipinski definition) is 1. The lowest BCUT2D eigenvalue weighted by Gasteiger charge is -2.35. The van der Waals surface area contributed by atoms with Crippen LogP contribution in [0.4, 0.5) is 11.5 Å². The van der Waals surface area contributed by atoms with Gasteiger partial charge >= 0.3 is 0 Å². The third-order valence-corrected chi connectivity index (χ3v) is 7.60. The topological polar surface area (TPSA) is 48.5 Å². The van der Waals surface area contributed by atoms with E-state index in [2.05, 4.69) is 51.5 Å². The molecule has 1 aliphatic rings. The third-order valence-electron chi connectivity index (χ3n) is 6.78. The first-order chi connectivity index (χ1) is 16.6. The molecule has 34 heavy (non-hydrogen) atoms. The van der Waals surface area contributed by atoms with E-state index in [-0.39, 0.29) is 5.91 Å². The fourth-order valence-corrected chi connectivity index (χ4v) is 5.37. The van der Waals surface area contributed by atoms with Crippen molar-refractivity contribution in [1.29, 1.82) is 0 Å². The van der Waals surface area contributed by atoms with Gasteiger partial charge in [-0.2, -0.15) is 4.37 Å². The predicted octanol–water partition coefficient (Wildman–Crippen LogP) is 5.53. The normalized spacial score (nSPS) is 14.5. The molecule has 0 saturated carbocycles. The van der Waals surface area contributed by atoms with Crippen molar-refractivity contribution in [3.05, 3.63) is 89.0 Å². The summed E-state index contributed by atoms with van der Waals surface area (Å²) in [5, 5.41) is 4.34. The summed E-state index contributed by atoms with van der Waals surface area (Å²) in [5.41, 5.74) is 4.98. The quantitative estimate of drug-likeness (QED) is 0.403. The molecule has 0 bridgehead atoms. The monoisotopic (exact) mass is 470 g/mol. The highest BCUT2D eigenvalue weighted by Gasteiger charge is 2.20. The Kier molecular flexibility index (Phi) is 6.61. The number of carbonyl (C=O) groups excluding carboxylic acids is 1. The minimum atomic E-state index is -0.0518. The second kappa shape index (κ2) is 9.95. The molecule has 5 rings (SSSR count). The van der Waals surface area contributed by atoms with E-state index in [1.165, 1.54) is 15.6 Å². The fraction of sp³-hybridized carbons (Fsp3) is 0.286. The van der Waals surface area contributed by atoms with Crippen molar-refractivity contribution in [2.45, 2.75) is 20.3 Å². The highest BCUT2D eigenvalue weighted by Crippen LogP contribution is 2.29. The molecule has 174 valence electrons. The molecule has 0 unspecified atom stereocenters. The van der Waals surface area contributed by atoms with Gasteiger partial charge in [0.25, 0.3) is 5.91 Å². The van der Waals surface area contributed by atoms with Crippen LogP contribution in [0.2, 0.25) is 0 Å². The van der Waals surface area contributed by atoms with Gasteiger partial charge in [-0.1, -0.05) is 36.4 Å². The van der Waals surface area contributed by atoms with Gasteiger partial charge in [-0.25, -0.2) is 0 Å². The molecule has 1 aliphatic heterocycles. The van der Waals surface area contributed by atoms with E-state index >= 15 is 0 Å². The SMILES string of the molecule is Cc1cccc(C(=O)Nc2cccc(CCN3CCN(c4nsc5ccccc45)CC3)c2)c1C. The van der Waals surface area contributed by atoms with E-state index in [1.54, 1.807) is 11.5 Å². The van der Waals surface area contributed by atoms with Crippen molar-refractivity contribution in [2.24, 2.45) is 0 Å². The number of fused-ring (bicyclic) bond motifs is 1. The van der Waals surface area contributed by atoms with Crippen LogP contribution in [-0.2, 0) is 6.42 Å². The summed E-state index contributed by atoms with van der Waals surface area (Å²) >= 11 is 1.59. The van der Waals surface area contributed by atoms with E-state index in [4.69, 9.17) is 4.37 Å². The standard InChI is InChI=1S/C28H30N4OS/c1-20-7-5-11-24(21(20)2)28(33)29-23-9-6-8-22(19-23)13-14-31-15-17-32(18-16-31)27-25-10-3-4-12-26(25)34-30-27/h3-12,19H,13-18H2,1-2H3,(H,29,33). The molecule has 0 aliphatic carbocycles. The highest BCUT2D eigenvalue weighted by molar-refractivity contribution is 7.13. The molecule has 1 N–H and O–H groups in total. The first-order valence-electron chi connectivity index (χ1n) is 11.9. The molecular weight excluding hydrogens is 440 g/mol. The van der Waals surface area contributed by atoms with Gasteiger partial charge in [0.05, 0.1) is 4.70 Å². The number of amides is 1. The largest absolute Gasteiger partial charge is 0.353 e. The smallest absolute Gasteiger partial charge is 0.255 e. The van der Waals surface area contributed by atoms with Crippen molar-refractivity contribution >= 4 is 39.0 Å². The van der Waals surface area contributed by atoms with Crippen LogP contribution in [0.5, 0.6) is 0 Å². The average molecular weight is 471 g/mol. The van der Waals surface area contributed by atoms with E-state index in [1.807, 2.05) is 44.2 Å². The van der Waals surface area contributed by atoms with Gasteiger partial charge in [-0.05, 0) is 78.8 Å². The van der Waals surface area contributed by atoms with Crippen molar-refractivity contribution in [3.8, 4) is 0 Å². The Morgan fingerprint density at radius 3 is 2.62 bits per heavy atom. The molecule has 1 aromatic heterocycles. The van der Waals surface area contributed by atoms with Gasteiger partial charge in [-0.15, -0.1) is 0 Å². The Bertz CT molecular complexity index is 1310. The van der Waals surface area contributed by atoms with Crippen LogP contribution in [0.25, 0.3) is 10.1 Å². The Morgan fingerprint density at radius 1 is 0.971 bits per heavy atom. The number of piperazine rings is 1. The molecule has 2 heterocycles. The van der Waals surface area contributed by atoms with E-state index < -0.39 is 0 Å². The Hall–Kier alpha value is -3.22. The average Bonchev–Trinajstić information content (AvgIpc) is 3.29. The van der Waals surface area contributed by atoms with Crippen LogP contribution in [0.3, 0.4) is 0 Å². The van der Waals surface area contributed by atoms with Gasteiger partial charge in [0.2, 0.25) is 0 Å². The first-order valence-corrected chi connectivity index (χ1v) is 12.6. The fourth-order valence-electron chi connectivity index (χ4n) is 4.57. The number of aryl methyl sites for hydroxylation is 1. The van der Waals surface area contributed by atoms with Gasteiger partial charge in [0.15, 0.2) is 0 Å². The van der Waals surface area contributed by atoms with Gasteiger partial charge < -0.3 is 10.2 Å². The van der Waals surface area contributed by atoms with Crippen LogP contribution >= 0.6 is 11.5 Å². The maximum absolute atomic E-state index is 12.8. The zero-order valence-corrected chi connectivity index (χ0v) is 20.6. The molecule has 4 aromatic rings. The molecule has 0 radical (unpaired) electrons. The molecule has 6 heteroatoms. The van der Waals surface area contributed by atoms with Gasteiger partial charge in [-0.3, -0.25) is 9.69 Å². The zero-order chi connectivity index (χ0) is 23.5. The molecule has 0 atom stereocenters. The Labute approximate surface area is 205 Å². The number of hydrogen-bond acceptors (Lipinski definition) is 5. The number of nitrogens with zero attached hydrogens (tertiary/aromatic N) is 3. The molecule has 0 spiro atoms. The van der Waals surface area contributed by atoms with E-state index in [0.717, 1.165) is 67.3 Å². The lowest BCUT2D eigenvalue weighted by atomic mass is 10.0. The summed E-state index contributed by atoms with van der Waals surface area (Å²) in [6.07, 6.45) is 0.965. The number of carbonyl (C=O) groups is 1. The number of nitrogens with one attached hydrogen (secondary N) is 1. The van der Waals surface area contributed by atoms with Crippen LogP contribution in [0.1, 0.15) is 27.0 Å². The van der Waals surface area contributed by atoms with Crippen LogP contribution in [0.15, 0.2) is 66.7 Å². The van der Waals surface area contributed by atoms with Crippen molar-refractivity contribution in [3.63, 3.8) is 0 Å². The zero-order valence-electron chi connectivity index (χ0n) is 19.8. The number of anilines is 2. The minimum Gasteiger partial charge on any atom is -0.353 e. The first kappa shape index (κ1) is 22.6. The third kappa shape index (κ3) is 4.83. The summed E-state index contributed by atoms with van der Waals surface area (Å²) in [6, 6.07) is 22.6. The van der Waals surface area contributed by atoms with Crippen LogP contribution in [-0.4, -0.2) is 47.9 Å². The van der Waals surface area contributed by atoms with Crippen molar-refractivity contribution in [1.82, 2.24) is 9.27 Å². The highest BCUT2D eigenvalue weighted by atomic mass is 32.1. The second-order valence-corrected chi connectivity index (χ2v) is 9.79. The second-order valence-electron chi connectivity index (χ2n) is 8.98. The predicted molar refractivity (Wildman–Crippen MR) is 142 cm³/mol. The summed E-state index contributed by atoms with van der Waals surface area (Å²) < 4.78 is 5.97. The molecule has 3 aromatic carbocycles. The Balaban J connectivity index is 1.15. The van der Waals surface area contributed by atoms with Gasteiger partial charge in [0, 0.05) is 49.4 Å². The van der Waals surface area contributed by atoms with Gasteiger partial charge in [0.1, 0.15) is 5.82 Å². The number of aromatic nitrogens is 1. The van der Waals surface area contributed by atoms with Crippen LogP contribution in [0, 0.1) is 13.8 Å². The molecular formula is C28H30N4OS. The Morgan fingerprint density at radius 2 is 1.76 bits per heavy atom. The van der Waals surface area contributed by atoms with E-state index in [0.29, 0.717) is 0 Å². The molecule has 1 amide bonds. The summed E-state index contributed by atoms with van der Waals surface area (Å²) in [7, 11) is 0. The summed E-state index contributed by atoms with van der Waals surface area (Å²) in [5.74, 6) is 1.08. The summed E-state index contributed by atoms with van der Waals surface area (Å²) in [6.45, 7) is 9.12. The lowest BCUT2D eigenvalue weighted by Crippen LogP contribution is -2.47. The maximum atomic E-state index is 12.8. The molecule has 1 fully saturated rings. The van der Waals surface area contributed by atoms with E-state index in [9.17, 15) is 4.79 Å². The van der Waals surface area contributed by atoms with Crippen molar-refractivity contribution < 1.29 is 4.79 Å². The lowest BCUT2D eigenvalue weighted by molar-refractivity contribution is 0.102. The maximum Gasteiger partial charge on any atom is 0.255 e. The summed E-state index contributed by atoms with van der Waals surface area (Å²) in [4.78, 5) is 17.7. The van der Waals surface area contributed by atoms with Crippen LogP contribution < -0.4 is 10.2 Å². The molecule has 1 saturated heterocycles. The minimum absolute atomic E-state index is 0.0518. The molecule has 5 nitrogen and oxygen atoms in total.